The van der Waals surface area contributed by atoms with Gasteiger partial charge in [0.25, 0.3) is 0 Å². The molecule has 0 aliphatic carbocycles. The first-order valence-corrected chi connectivity index (χ1v) is 12.5. The molecule has 1 aromatic heterocycles. The van der Waals surface area contributed by atoms with Crippen LogP contribution in [0.4, 0.5) is 5.69 Å². The standard InChI is InChI=1S/C30H27N3O5/c1-16-11-17(2)13-19(12-16)33-27(35)24-25(28(33)36)30(29(37)38,32-26(24)21-8-4-6-10-23(21)34)14-18-15-31-22-9-5-3-7-20(18)22/h3-13,15,24-26,31-32,34H,14H2,1-2H3,(H,37,38)/t24-,25+,26-,30-/m0/s1. The molecular weight excluding hydrogens is 482 g/mol. The van der Waals surface area contributed by atoms with Gasteiger partial charge in [0.15, 0.2) is 0 Å². The SMILES string of the molecule is Cc1cc(C)cc(N2C(=O)[C@@H]3[C@H](c4ccccc4O)N[C@](Cc4c[nH]c5ccccc45)(C(=O)O)[C@H]3C2=O)c1. The number of carboxylic acid groups (broad SMARTS) is 1. The number of imide groups is 1. The number of phenols is 1. The van der Waals surface area contributed by atoms with Gasteiger partial charge in [0.1, 0.15) is 11.3 Å². The van der Waals surface area contributed by atoms with Crippen molar-refractivity contribution in [1.29, 1.82) is 0 Å². The Hall–Kier alpha value is -4.43. The van der Waals surface area contributed by atoms with Crippen LogP contribution in [0, 0.1) is 25.7 Å². The Labute approximate surface area is 218 Å². The third-order valence-corrected chi connectivity index (χ3v) is 7.92. The molecule has 8 heteroatoms. The van der Waals surface area contributed by atoms with E-state index in [0.29, 0.717) is 11.3 Å². The summed E-state index contributed by atoms with van der Waals surface area (Å²) in [5.74, 6) is -4.53. The number of hydrogen-bond acceptors (Lipinski definition) is 5. The lowest BCUT2D eigenvalue weighted by molar-refractivity contribution is -0.148. The van der Waals surface area contributed by atoms with E-state index in [9.17, 15) is 24.6 Å². The van der Waals surface area contributed by atoms with Crippen molar-refractivity contribution in [3.05, 3.63) is 95.2 Å². The van der Waals surface area contributed by atoms with Crippen LogP contribution in [-0.4, -0.2) is 38.5 Å². The molecule has 2 saturated heterocycles. The van der Waals surface area contributed by atoms with Crippen molar-refractivity contribution in [3.63, 3.8) is 0 Å². The third kappa shape index (κ3) is 3.44. The molecule has 0 unspecified atom stereocenters. The minimum Gasteiger partial charge on any atom is -0.508 e. The van der Waals surface area contributed by atoms with Crippen LogP contribution in [0.15, 0.2) is 72.9 Å². The quantitative estimate of drug-likeness (QED) is 0.302. The number of aromatic nitrogens is 1. The maximum Gasteiger partial charge on any atom is 0.325 e. The third-order valence-electron chi connectivity index (χ3n) is 7.92. The van der Waals surface area contributed by atoms with E-state index in [4.69, 9.17) is 0 Å². The molecule has 3 heterocycles. The van der Waals surface area contributed by atoms with Crippen LogP contribution >= 0.6 is 0 Å². The monoisotopic (exact) mass is 509 g/mol. The molecule has 192 valence electrons. The van der Waals surface area contributed by atoms with Gasteiger partial charge in [-0.2, -0.15) is 0 Å². The fourth-order valence-corrected chi connectivity index (χ4v) is 6.37. The van der Waals surface area contributed by atoms with Gasteiger partial charge in [-0.25, -0.2) is 4.90 Å². The molecule has 4 atom stereocenters. The Kier molecular flexibility index (Phi) is 5.39. The van der Waals surface area contributed by atoms with Crippen LogP contribution in [0.5, 0.6) is 5.75 Å². The molecule has 4 N–H and O–H groups in total. The molecule has 8 nitrogen and oxygen atoms in total. The number of para-hydroxylation sites is 2. The Morgan fingerprint density at radius 3 is 2.37 bits per heavy atom. The summed E-state index contributed by atoms with van der Waals surface area (Å²) in [6, 6.07) is 18.7. The van der Waals surface area contributed by atoms with Gasteiger partial charge in [0.05, 0.1) is 17.5 Å². The predicted octanol–water partition coefficient (Wildman–Crippen LogP) is 4.01. The van der Waals surface area contributed by atoms with Crippen LogP contribution in [0.2, 0.25) is 0 Å². The van der Waals surface area contributed by atoms with Gasteiger partial charge in [0.2, 0.25) is 11.8 Å². The van der Waals surface area contributed by atoms with Crippen molar-refractivity contribution < 1.29 is 24.6 Å². The van der Waals surface area contributed by atoms with E-state index in [1.54, 1.807) is 36.5 Å². The first-order valence-electron chi connectivity index (χ1n) is 12.5. The van der Waals surface area contributed by atoms with E-state index in [1.807, 2.05) is 44.2 Å². The van der Waals surface area contributed by atoms with Crippen LogP contribution < -0.4 is 10.2 Å². The molecule has 2 amide bonds. The Morgan fingerprint density at radius 1 is 0.974 bits per heavy atom. The fraction of sp³-hybridized carbons (Fsp3) is 0.233. The molecular formula is C30H27N3O5. The number of aromatic amines is 1. The molecule has 2 fully saturated rings. The van der Waals surface area contributed by atoms with Crippen molar-refractivity contribution in [3.8, 4) is 5.75 Å². The summed E-state index contributed by atoms with van der Waals surface area (Å²) in [6.07, 6.45) is 1.72. The van der Waals surface area contributed by atoms with E-state index < -0.39 is 41.2 Å². The number of nitrogens with one attached hydrogen (secondary N) is 2. The lowest BCUT2D eigenvalue weighted by Crippen LogP contribution is -2.57. The number of benzene rings is 3. The minimum absolute atomic E-state index is 0.0304. The van der Waals surface area contributed by atoms with Gasteiger partial charge in [-0.3, -0.25) is 19.7 Å². The minimum atomic E-state index is -1.79. The zero-order valence-electron chi connectivity index (χ0n) is 20.9. The van der Waals surface area contributed by atoms with Crippen LogP contribution in [0.1, 0.15) is 28.3 Å². The summed E-state index contributed by atoms with van der Waals surface area (Å²) in [7, 11) is 0. The molecule has 38 heavy (non-hydrogen) atoms. The number of carbonyl (C=O) groups is 3. The molecule has 4 aromatic rings. The number of amides is 2. The number of carboxylic acids is 1. The summed E-state index contributed by atoms with van der Waals surface area (Å²) < 4.78 is 0. The maximum atomic E-state index is 14.1. The van der Waals surface area contributed by atoms with Crippen molar-refractivity contribution in [2.75, 3.05) is 4.90 Å². The van der Waals surface area contributed by atoms with Crippen molar-refractivity contribution >= 4 is 34.4 Å². The smallest absolute Gasteiger partial charge is 0.325 e. The Morgan fingerprint density at radius 2 is 1.66 bits per heavy atom. The first kappa shape index (κ1) is 23.9. The largest absolute Gasteiger partial charge is 0.508 e. The second kappa shape index (κ2) is 8.56. The molecule has 0 bridgehead atoms. The molecule has 3 aromatic carbocycles. The van der Waals surface area contributed by atoms with Gasteiger partial charge >= 0.3 is 5.97 Å². The summed E-state index contributed by atoms with van der Waals surface area (Å²) in [5, 5.41) is 25.5. The highest BCUT2D eigenvalue weighted by Gasteiger charge is 2.69. The lowest BCUT2D eigenvalue weighted by atomic mass is 9.76. The number of aromatic hydroxyl groups is 1. The lowest BCUT2D eigenvalue weighted by Gasteiger charge is -2.31. The van der Waals surface area contributed by atoms with Gasteiger partial charge in [-0.1, -0.05) is 42.5 Å². The number of phenolic OH excluding ortho intramolecular Hbond substituents is 1. The van der Waals surface area contributed by atoms with Gasteiger partial charge in [-0.05, 0) is 54.8 Å². The average molecular weight is 510 g/mol. The highest BCUT2D eigenvalue weighted by Crippen LogP contribution is 2.52. The van der Waals surface area contributed by atoms with Gasteiger partial charge in [-0.15, -0.1) is 0 Å². The van der Waals surface area contributed by atoms with E-state index >= 15 is 0 Å². The summed E-state index contributed by atoms with van der Waals surface area (Å²) in [5.41, 5.74) is 2.36. The second-order valence-electron chi connectivity index (χ2n) is 10.4. The number of carbonyl (C=O) groups excluding carboxylic acids is 2. The van der Waals surface area contributed by atoms with Crippen LogP contribution in [-0.2, 0) is 20.8 Å². The number of hydrogen-bond donors (Lipinski definition) is 4. The summed E-state index contributed by atoms with van der Waals surface area (Å²) in [4.78, 5) is 45.6. The summed E-state index contributed by atoms with van der Waals surface area (Å²) in [6.45, 7) is 3.76. The van der Waals surface area contributed by atoms with Gasteiger partial charge in [0, 0.05) is 35.1 Å². The number of anilines is 1. The molecule has 0 radical (unpaired) electrons. The van der Waals surface area contributed by atoms with Crippen molar-refractivity contribution in [1.82, 2.24) is 10.3 Å². The number of fused-ring (bicyclic) bond motifs is 2. The predicted molar refractivity (Wildman–Crippen MR) is 142 cm³/mol. The van der Waals surface area contributed by atoms with E-state index in [-0.39, 0.29) is 12.2 Å². The Bertz CT molecular complexity index is 1600. The normalized spacial score (nSPS) is 24.8. The van der Waals surface area contributed by atoms with E-state index in [2.05, 4.69) is 10.3 Å². The van der Waals surface area contributed by atoms with Crippen molar-refractivity contribution in [2.24, 2.45) is 11.8 Å². The zero-order valence-corrected chi connectivity index (χ0v) is 20.9. The molecule has 2 aliphatic heterocycles. The zero-order chi connectivity index (χ0) is 26.8. The molecule has 2 aliphatic rings. The molecule has 0 spiro atoms. The van der Waals surface area contributed by atoms with Gasteiger partial charge < -0.3 is 15.2 Å². The van der Waals surface area contributed by atoms with Crippen LogP contribution in [0.3, 0.4) is 0 Å². The van der Waals surface area contributed by atoms with E-state index in [0.717, 1.165) is 32.5 Å². The number of nitrogens with zero attached hydrogens (tertiary/aromatic N) is 1. The average Bonchev–Trinajstić information content (AvgIpc) is 3.51. The highest BCUT2D eigenvalue weighted by atomic mass is 16.4. The number of H-pyrrole nitrogens is 1. The number of aliphatic carboxylic acids is 1. The van der Waals surface area contributed by atoms with E-state index in [1.165, 1.54) is 6.07 Å². The van der Waals surface area contributed by atoms with Crippen LogP contribution in [0.25, 0.3) is 10.9 Å². The molecule has 6 rings (SSSR count). The van der Waals surface area contributed by atoms with Crippen molar-refractivity contribution in [2.45, 2.75) is 31.8 Å². The highest BCUT2D eigenvalue weighted by molar-refractivity contribution is 6.24. The number of rotatable bonds is 5. The summed E-state index contributed by atoms with van der Waals surface area (Å²) >= 11 is 0. The maximum absolute atomic E-state index is 14.1. The Balaban J connectivity index is 1.53. The second-order valence-corrected chi connectivity index (χ2v) is 10.4. The topological polar surface area (TPSA) is 123 Å². The first-order chi connectivity index (χ1) is 18.2. The fourth-order valence-electron chi connectivity index (χ4n) is 6.37. The number of aryl methyl sites for hydroxylation is 2. The molecule has 0 saturated carbocycles.